The van der Waals surface area contributed by atoms with Gasteiger partial charge in [-0.2, -0.15) is 5.26 Å². The molecule has 0 bridgehead atoms. The lowest BCUT2D eigenvalue weighted by molar-refractivity contribution is 0.0534. The maximum Gasteiger partial charge on any atom is 0.339 e. The highest BCUT2D eigenvalue weighted by Gasteiger charge is 2.33. The molecule has 0 radical (unpaired) electrons. The lowest BCUT2D eigenvalue weighted by Crippen LogP contribution is -2.04. The summed E-state index contributed by atoms with van der Waals surface area (Å²) >= 11 is 0. The summed E-state index contributed by atoms with van der Waals surface area (Å²) in [5.74, 6) is 2.19. The van der Waals surface area contributed by atoms with Crippen molar-refractivity contribution in [3.8, 4) is 45.9 Å². The van der Waals surface area contributed by atoms with Gasteiger partial charge in [-0.15, -0.1) is 0 Å². The van der Waals surface area contributed by atoms with E-state index in [4.69, 9.17) is 33.7 Å². The minimum atomic E-state index is -0.457. The molecular formula is C23H17NO7. The SMILES string of the molecule is COc1cc2c(OCC#N)c3c(c(-c4ccc5c(c4)OCO5)c2cc1OC)C(=O)OC3. The summed E-state index contributed by atoms with van der Waals surface area (Å²) in [4.78, 5) is 12.8. The van der Waals surface area contributed by atoms with E-state index in [1.807, 2.05) is 18.2 Å². The molecule has 0 aromatic heterocycles. The van der Waals surface area contributed by atoms with Crippen molar-refractivity contribution in [1.82, 2.24) is 0 Å². The molecule has 0 atom stereocenters. The molecule has 0 aliphatic carbocycles. The molecule has 0 fully saturated rings. The van der Waals surface area contributed by atoms with E-state index in [1.165, 1.54) is 7.11 Å². The number of ether oxygens (including phenoxy) is 6. The molecule has 3 aromatic rings. The number of rotatable bonds is 5. The number of nitriles is 1. The van der Waals surface area contributed by atoms with Crippen LogP contribution >= 0.6 is 0 Å². The number of carbonyl (C=O) groups excluding carboxylic acids is 1. The first kappa shape index (κ1) is 18.9. The van der Waals surface area contributed by atoms with Gasteiger partial charge in [0.15, 0.2) is 29.6 Å². The number of benzene rings is 3. The summed E-state index contributed by atoms with van der Waals surface area (Å²) in [6.07, 6.45) is 0. The van der Waals surface area contributed by atoms with E-state index in [-0.39, 0.29) is 20.0 Å². The number of hydrogen-bond acceptors (Lipinski definition) is 8. The van der Waals surface area contributed by atoms with Crippen LogP contribution in [0.1, 0.15) is 15.9 Å². The Kier molecular flexibility index (Phi) is 4.44. The van der Waals surface area contributed by atoms with Crippen molar-refractivity contribution in [3.05, 3.63) is 41.5 Å². The fourth-order valence-corrected chi connectivity index (χ4v) is 4.03. The molecule has 0 N–H and O–H groups in total. The predicted molar refractivity (Wildman–Crippen MR) is 109 cm³/mol. The van der Waals surface area contributed by atoms with Crippen LogP contribution in [0.25, 0.3) is 21.9 Å². The van der Waals surface area contributed by atoms with Crippen LogP contribution in [0.15, 0.2) is 30.3 Å². The van der Waals surface area contributed by atoms with Gasteiger partial charge in [-0.25, -0.2) is 4.79 Å². The molecule has 0 saturated carbocycles. The van der Waals surface area contributed by atoms with Gasteiger partial charge in [0.1, 0.15) is 18.4 Å². The van der Waals surface area contributed by atoms with Crippen molar-refractivity contribution >= 4 is 16.7 Å². The second kappa shape index (κ2) is 7.29. The zero-order valence-electron chi connectivity index (χ0n) is 16.8. The lowest BCUT2D eigenvalue weighted by atomic mass is 9.89. The monoisotopic (exact) mass is 419 g/mol. The molecule has 0 saturated heterocycles. The molecule has 0 amide bonds. The van der Waals surface area contributed by atoms with E-state index in [9.17, 15) is 4.79 Å². The van der Waals surface area contributed by atoms with Crippen LogP contribution in [-0.4, -0.2) is 33.6 Å². The van der Waals surface area contributed by atoms with Gasteiger partial charge in [-0.3, -0.25) is 0 Å². The average molecular weight is 419 g/mol. The van der Waals surface area contributed by atoms with Gasteiger partial charge in [-0.1, -0.05) is 6.07 Å². The number of nitrogens with zero attached hydrogens (tertiary/aromatic N) is 1. The van der Waals surface area contributed by atoms with E-state index < -0.39 is 5.97 Å². The summed E-state index contributed by atoms with van der Waals surface area (Å²) in [6.45, 7) is 0.0237. The Bertz CT molecular complexity index is 1280. The second-order valence-corrected chi connectivity index (χ2v) is 6.90. The number of methoxy groups -OCH3 is 2. The van der Waals surface area contributed by atoms with Gasteiger partial charge >= 0.3 is 5.97 Å². The summed E-state index contributed by atoms with van der Waals surface area (Å²) in [7, 11) is 3.08. The highest BCUT2D eigenvalue weighted by Crippen LogP contribution is 2.49. The number of fused-ring (bicyclic) bond motifs is 3. The van der Waals surface area contributed by atoms with Crippen LogP contribution in [0.2, 0.25) is 0 Å². The van der Waals surface area contributed by atoms with Crippen LogP contribution in [0.4, 0.5) is 0 Å². The van der Waals surface area contributed by atoms with E-state index >= 15 is 0 Å². The molecule has 8 nitrogen and oxygen atoms in total. The smallest absolute Gasteiger partial charge is 0.339 e. The van der Waals surface area contributed by atoms with Crippen molar-refractivity contribution in [2.75, 3.05) is 27.6 Å². The summed E-state index contributed by atoms with van der Waals surface area (Å²) in [5, 5.41) is 10.4. The first-order valence-corrected chi connectivity index (χ1v) is 9.47. The van der Waals surface area contributed by atoms with Gasteiger partial charge in [0, 0.05) is 16.5 Å². The Morgan fingerprint density at radius 2 is 1.71 bits per heavy atom. The first-order chi connectivity index (χ1) is 15.2. The fraction of sp³-hybridized carbons (Fsp3) is 0.217. The molecule has 0 unspecified atom stereocenters. The topological polar surface area (TPSA) is 96.2 Å². The summed E-state index contributed by atoms with van der Waals surface area (Å²) < 4.78 is 33.0. The third kappa shape index (κ3) is 2.86. The number of hydrogen-bond donors (Lipinski definition) is 0. The third-order valence-corrected chi connectivity index (χ3v) is 5.36. The molecular weight excluding hydrogens is 402 g/mol. The lowest BCUT2D eigenvalue weighted by Gasteiger charge is -2.18. The molecule has 31 heavy (non-hydrogen) atoms. The van der Waals surface area contributed by atoms with Gasteiger partial charge in [0.05, 0.1) is 19.8 Å². The minimum Gasteiger partial charge on any atom is -0.493 e. The Morgan fingerprint density at radius 3 is 2.45 bits per heavy atom. The van der Waals surface area contributed by atoms with Gasteiger partial charge in [0.25, 0.3) is 0 Å². The first-order valence-electron chi connectivity index (χ1n) is 9.47. The van der Waals surface area contributed by atoms with E-state index in [0.717, 1.165) is 5.56 Å². The highest BCUT2D eigenvalue weighted by atomic mass is 16.7. The Morgan fingerprint density at radius 1 is 0.968 bits per heavy atom. The molecule has 2 aliphatic rings. The molecule has 0 spiro atoms. The van der Waals surface area contributed by atoms with Crippen molar-refractivity contribution in [2.24, 2.45) is 0 Å². The Hall–Kier alpha value is -4.12. The van der Waals surface area contributed by atoms with Crippen molar-refractivity contribution in [1.29, 1.82) is 5.26 Å². The molecule has 2 heterocycles. The normalized spacial score (nSPS) is 13.5. The zero-order chi connectivity index (χ0) is 21.5. The summed E-state index contributed by atoms with van der Waals surface area (Å²) in [5.41, 5.74) is 2.40. The standard InChI is InChI=1S/C23H17NO7/c1-26-17-8-13-14(9-18(17)27-2)22(28-6-5-24)15-10-29-23(25)21(15)20(13)12-3-4-16-19(7-12)31-11-30-16/h3-4,7-9H,6,10-11H2,1-2H3. The van der Waals surface area contributed by atoms with Crippen LogP contribution in [0.5, 0.6) is 28.7 Å². The molecule has 5 rings (SSSR count). The van der Waals surface area contributed by atoms with Gasteiger partial charge in [-0.05, 0) is 35.2 Å². The van der Waals surface area contributed by atoms with E-state index in [0.29, 0.717) is 56.2 Å². The van der Waals surface area contributed by atoms with Crippen molar-refractivity contribution < 1.29 is 33.2 Å². The molecule has 156 valence electrons. The molecule has 2 aliphatic heterocycles. The second-order valence-electron chi connectivity index (χ2n) is 6.90. The largest absolute Gasteiger partial charge is 0.493 e. The minimum absolute atomic E-state index is 0.0523. The van der Waals surface area contributed by atoms with E-state index in [1.54, 1.807) is 25.3 Å². The third-order valence-electron chi connectivity index (χ3n) is 5.36. The van der Waals surface area contributed by atoms with Crippen molar-refractivity contribution in [2.45, 2.75) is 6.61 Å². The Balaban J connectivity index is 1.89. The summed E-state index contributed by atoms with van der Waals surface area (Å²) in [6, 6.07) is 11.0. The van der Waals surface area contributed by atoms with Crippen LogP contribution < -0.4 is 23.7 Å². The zero-order valence-corrected chi connectivity index (χ0v) is 16.8. The highest BCUT2D eigenvalue weighted by molar-refractivity contribution is 6.14. The predicted octanol–water partition coefficient (Wildman–Crippen LogP) is 3.83. The van der Waals surface area contributed by atoms with E-state index in [2.05, 4.69) is 0 Å². The molecule has 3 aromatic carbocycles. The number of esters is 1. The number of cyclic esters (lactones) is 1. The maximum atomic E-state index is 12.8. The Labute approximate surface area is 177 Å². The van der Waals surface area contributed by atoms with Crippen LogP contribution in [-0.2, 0) is 11.3 Å². The fourth-order valence-electron chi connectivity index (χ4n) is 4.03. The van der Waals surface area contributed by atoms with Crippen molar-refractivity contribution in [3.63, 3.8) is 0 Å². The van der Waals surface area contributed by atoms with Crippen LogP contribution in [0, 0.1) is 11.3 Å². The quantitative estimate of drug-likeness (QED) is 0.576. The average Bonchev–Trinajstić information content (AvgIpc) is 3.42. The van der Waals surface area contributed by atoms with Crippen LogP contribution in [0.3, 0.4) is 0 Å². The van der Waals surface area contributed by atoms with Gasteiger partial charge < -0.3 is 28.4 Å². The number of carbonyl (C=O) groups is 1. The van der Waals surface area contributed by atoms with Gasteiger partial charge in [0.2, 0.25) is 6.79 Å². The molecule has 8 heteroatoms. The maximum absolute atomic E-state index is 12.8.